The molecule has 7 rings (SSSR count). The summed E-state index contributed by atoms with van der Waals surface area (Å²) >= 11 is 7.16. The van der Waals surface area contributed by atoms with E-state index in [0.717, 1.165) is 24.3 Å². The van der Waals surface area contributed by atoms with Crippen LogP contribution in [0.5, 0.6) is 0 Å². The van der Waals surface area contributed by atoms with Crippen molar-refractivity contribution in [2.24, 2.45) is 0 Å². The predicted octanol–water partition coefficient (Wildman–Crippen LogP) is 6.35. The van der Waals surface area contributed by atoms with E-state index in [9.17, 15) is 0 Å². The molecule has 0 amide bonds. The molecule has 0 spiro atoms. The minimum atomic E-state index is -4.69. The second kappa shape index (κ2) is 12.6. The van der Waals surface area contributed by atoms with Crippen LogP contribution in [0.15, 0.2) is 119 Å². The molecule has 0 unspecified atom stereocenters. The van der Waals surface area contributed by atoms with E-state index in [4.69, 9.17) is 30.2 Å². The standard InChI is InChI=1S/C40H40ClN2.ClHO4/c1-39(2)34(42(5)32-22-18-26-12-7-9-16-30(26)36(32)39)24-20-28-14-11-15-29(38(28)41)21-25-35-40(3,4)37-31-17-10-8-13-27(31)19-23-33(37)43(35)6;2-1(3,4)5/h7-10,12-13,16-25H,11,14-15H2,1-6H3;(H,2,3,4,5)/q+1;. The molecule has 6 nitrogen and oxygen atoms in total. The minimum Gasteiger partial charge on any atom is -0.347 e. The average molecular weight is 685 g/mol. The van der Waals surface area contributed by atoms with Crippen molar-refractivity contribution in [2.45, 2.75) is 57.8 Å². The number of allylic oxidation sites excluding steroid dienone is 8. The molecule has 0 fully saturated rings. The van der Waals surface area contributed by atoms with Gasteiger partial charge >= 0.3 is 0 Å². The lowest BCUT2D eigenvalue weighted by Crippen LogP contribution is -2.58. The Labute approximate surface area is 289 Å². The number of hydrogen-bond donors (Lipinski definition) is 1. The molecule has 4 aromatic rings. The number of nitrogens with zero attached hydrogens (tertiary/aromatic N) is 2. The molecule has 1 N–H and O–H groups in total. The van der Waals surface area contributed by atoms with Gasteiger partial charge in [0.25, 0.3) is 0 Å². The van der Waals surface area contributed by atoms with Gasteiger partial charge in [-0.15, -0.1) is 0 Å². The maximum atomic E-state index is 8.60. The zero-order valence-electron chi connectivity index (χ0n) is 28.2. The molecule has 0 bridgehead atoms. The summed E-state index contributed by atoms with van der Waals surface area (Å²) in [4.78, 5) is 2.36. The van der Waals surface area contributed by atoms with Crippen LogP contribution in [0.25, 0.3) is 21.5 Å². The van der Waals surface area contributed by atoms with Gasteiger partial charge in [-0.25, -0.2) is 0 Å². The van der Waals surface area contributed by atoms with E-state index in [1.54, 1.807) is 0 Å². The molecule has 0 saturated heterocycles. The normalized spacial score (nSPS) is 20.3. The van der Waals surface area contributed by atoms with Crippen molar-refractivity contribution in [1.82, 2.24) is 0 Å². The quantitative estimate of drug-likeness (QED) is 0.254. The van der Waals surface area contributed by atoms with Gasteiger partial charge in [-0.05, 0) is 89.6 Å². The van der Waals surface area contributed by atoms with Crippen LogP contribution in [0.1, 0.15) is 58.1 Å². The molecular formula is C40H41Cl2N2O4+. The first kappa shape index (κ1) is 34.1. The van der Waals surface area contributed by atoms with Crippen LogP contribution in [-0.2, 0) is 10.8 Å². The summed E-state index contributed by atoms with van der Waals surface area (Å²) in [5, 5.41) is 6.17. The Morgan fingerprint density at radius 3 is 2.02 bits per heavy atom. The highest BCUT2D eigenvalue weighted by Gasteiger charge is 2.44. The van der Waals surface area contributed by atoms with Crippen LogP contribution < -0.4 is 18.9 Å². The van der Waals surface area contributed by atoms with E-state index < -0.39 is 10.2 Å². The molecule has 48 heavy (non-hydrogen) atoms. The van der Waals surface area contributed by atoms with E-state index in [1.807, 2.05) is 0 Å². The van der Waals surface area contributed by atoms with Gasteiger partial charge in [0.15, 0.2) is 5.71 Å². The maximum absolute atomic E-state index is 8.60. The number of hydrogen-bond acceptors (Lipinski definition) is 5. The van der Waals surface area contributed by atoms with Gasteiger partial charge in [-0.1, -0.05) is 92.2 Å². The summed E-state index contributed by atoms with van der Waals surface area (Å²) in [5.41, 5.74) is 10.2. The van der Waals surface area contributed by atoms with Gasteiger partial charge in [-0.2, -0.15) is 18.6 Å². The highest BCUT2D eigenvalue weighted by Crippen LogP contribution is 2.50. The van der Waals surface area contributed by atoms with Crippen molar-refractivity contribution in [1.29, 1.82) is 0 Å². The van der Waals surface area contributed by atoms with Gasteiger partial charge in [-0.3, -0.25) is 0 Å². The molecule has 248 valence electrons. The molecule has 1 aliphatic carbocycles. The Kier molecular flexibility index (Phi) is 8.96. The van der Waals surface area contributed by atoms with Crippen molar-refractivity contribution in [3.05, 3.63) is 130 Å². The second-order valence-electron chi connectivity index (χ2n) is 13.8. The molecule has 0 radical (unpaired) electrons. The first-order valence-corrected chi connectivity index (χ1v) is 17.8. The van der Waals surface area contributed by atoms with Gasteiger partial charge in [0.1, 0.15) is 7.05 Å². The molecule has 0 atom stereocenters. The molecule has 2 aliphatic heterocycles. The summed E-state index contributed by atoms with van der Waals surface area (Å²) in [7, 11) is -0.311. The molecule has 0 aromatic heterocycles. The largest absolute Gasteiger partial charge is 0.347 e. The Bertz CT molecular complexity index is 2090. The van der Waals surface area contributed by atoms with Crippen LogP contribution in [0.2, 0.25) is 0 Å². The summed E-state index contributed by atoms with van der Waals surface area (Å²) in [6, 6.07) is 26.5. The third-order valence-corrected chi connectivity index (χ3v) is 10.6. The lowest BCUT2D eigenvalue weighted by molar-refractivity contribution is -1.92. The van der Waals surface area contributed by atoms with E-state index in [1.165, 1.54) is 66.6 Å². The molecule has 4 aromatic carbocycles. The summed E-state index contributed by atoms with van der Waals surface area (Å²) in [6.45, 7) is 9.38. The number of halogens is 2. The monoisotopic (exact) mass is 683 g/mol. The third kappa shape index (κ3) is 6.14. The van der Waals surface area contributed by atoms with Gasteiger partial charge < -0.3 is 4.90 Å². The Hall–Kier alpha value is -3.75. The molecule has 0 saturated carbocycles. The molecule has 3 aliphatic rings. The third-order valence-electron chi connectivity index (χ3n) is 10.1. The van der Waals surface area contributed by atoms with E-state index in [0.29, 0.717) is 0 Å². The van der Waals surface area contributed by atoms with Crippen molar-refractivity contribution in [2.75, 3.05) is 19.0 Å². The van der Waals surface area contributed by atoms with Crippen LogP contribution in [0.3, 0.4) is 0 Å². The first-order chi connectivity index (χ1) is 22.6. The second-order valence-corrected chi connectivity index (χ2v) is 15.0. The lowest BCUT2D eigenvalue weighted by Gasteiger charge is -2.25. The van der Waals surface area contributed by atoms with Crippen molar-refractivity contribution < 1.29 is 33.5 Å². The number of fused-ring (bicyclic) bond motifs is 6. The summed E-state index contributed by atoms with van der Waals surface area (Å²) in [5.74, 6) is 0. The van der Waals surface area contributed by atoms with E-state index in [-0.39, 0.29) is 10.8 Å². The zero-order valence-corrected chi connectivity index (χ0v) is 29.7. The van der Waals surface area contributed by atoms with Crippen LogP contribution in [-0.4, -0.2) is 29.0 Å². The number of likely N-dealkylation sites (N-methyl/N-ethyl adjacent to an activating group) is 1. The predicted molar refractivity (Wildman–Crippen MR) is 187 cm³/mol. The average Bonchev–Trinajstić information content (AvgIpc) is 3.36. The highest BCUT2D eigenvalue weighted by atomic mass is 35.7. The number of rotatable bonds is 3. The first-order valence-electron chi connectivity index (χ1n) is 16.1. The summed E-state index contributed by atoms with van der Waals surface area (Å²) in [6.07, 6.45) is 12.3. The topological polar surface area (TPSA) is 95.7 Å². The SMILES string of the molecule is CN1/C(=C/C=C2\CCCC(/C=C/C3=[N+](C)c4ccc5ccccc5c4C3(C)C)=C2Cl)C(C)(C)c2c1ccc1ccccc21.[O-][Cl+3]([O-])([O-])O. The fraction of sp³-hybridized carbons (Fsp3) is 0.275. The van der Waals surface area contributed by atoms with Crippen LogP contribution >= 0.6 is 11.6 Å². The fourth-order valence-electron chi connectivity index (χ4n) is 7.95. The Morgan fingerprint density at radius 2 is 1.38 bits per heavy atom. The van der Waals surface area contributed by atoms with Gasteiger partial charge in [0, 0.05) is 46.6 Å². The smallest absolute Gasteiger partial charge is 0.210 e. The van der Waals surface area contributed by atoms with Crippen molar-refractivity contribution in [3.8, 4) is 0 Å². The Morgan fingerprint density at radius 1 is 0.792 bits per heavy atom. The number of anilines is 1. The van der Waals surface area contributed by atoms with Crippen LogP contribution in [0, 0.1) is 10.2 Å². The number of benzene rings is 4. The van der Waals surface area contributed by atoms with Gasteiger partial charge in [0.2, 0.25) is 5.69 Å². The fourth-order valence-corrected chi connectivity index (χ4v) is 8.27. The highest BCUT2D eigenvalue weighted by molar-refractivity contribution is 6.32. The molecule has 8 heteroatoms. The summed E-state index contributed by atoms with van der Waals surface area (Å²) < 4.78 is 35.1. The maximum Gasteiger partial charge on any atom is 0.210 e. The van der Waals surface area contributed by atoms with Gasteiger partial charge in [0.05, 0.1) is 20.3 Å². The van der Waals surface area contributed by atoms with Crippen molar-refractivity contribution >= 4 is 50.2 Å². The Balaban J connectivity index is 0.000000749. The van der Waals surface area contributed by atoms with E-state index >= 15 is 0 Å². The van der Waals surface area contributed by atoms with Crippen LogP contribution in [0.4, 0.5) is 11.4 Å². The lowest BCUT2D eigenvalue weighted by atomic mass is 9.79. The van der Waals surface area contributed by atoms with Crippen molar-refractivity contribution in [3.63, 3.8) is 0 Å². The molecular weight excluding hydrogens is 643 g/mol. The van der Waals surface area contributed by atoms with E-state index in [2.05, 4.69) is 148 Å². The molecule has 2 heterocycles. The minimum absolute atomic E-state index is 0.107. The zero-order chi connectivity index (χ0) is 34.6.